The highest BCUT2D eigenvalue weighted by Gasteiger charge is 2.15. The van der Waals surface area contributed by atoms with Gasteiger partial charge in [-0.2, -0.15) is 0 Å². The molecule has 0 unspecified atom stereocenters. The number of aromatic nitrogens is 2. The molecule has 132 valence electrons. The average Bonchev–Trinajstić information content (AvgIpc) is 3.14. The molecule has 0 saturated heterocycles. The fraction of sp³-hybridized carbons (Fsp3) is 0. The number of hydrogen-bond acceptors (Lipinski definition) is 6. The number of anilines is 2. The zero-order valence-corrected chi connectivity index (χ0v) is 14.2. The number of carbonyl (C=O) groups excluding carboxylic acids is 1. The fourth-order valence-corrected chi connectivity index (χ4v) is 2.93. The van der Waals surface area contributed by atoms with Crippen LogP contribution in [0.1, 0.15) is 5.76 Å². The van der Waals surface area contributed by atoms with E-state index >= 15 is 0 Å². The zero-order chi connectivity index (χ0) is 18.4. The van der Waals surface area contributed by atoms with E-state index in [4.69, 9.17) is 4.42 Å². The van der Waals surface area contributed by atoms with E-state index in [0.29, 0.717) is 11.4 Å². The molecule has 0 aliphatic heterocycles. The summed E-state index contributed by atoms with van der Waals surface area (Å²) in [4.78, 5) is 19.5. The third-order valence-corrected chi connectivity index (χ3v) is 4.51. The topological polar surface area (TPSA) is 114 Å². The predicted octanol–water partition coefficient (Wildman–Crippen LogP) is 2.52. The summed E-state index contributed by atoms with van der Waals surface area (Å²) in [5.41, 5.74) is 0.453. The Hall–Kier alpha value is -3.46. The third-order valence-electron chi connectivity index (χ3n) is 3.17. The van der Waals surface area contributed by atoms with Crippen molar-refractivity contribution in [2.45, 2.75) is 4.90 Å². The number of nitrogens with one attached hydrogen (secondary N) is 2. The summed E-state index contributed by atoms with van der Waals surface area (Å²) >= 11 is 0. The van der Waals surface area contributed by atoms with Gasteiger partial charge in [-0.15, -0.1) is 0 Å². The SMILES string of the molecule is O=C(C=Cc1ccco1)Nc1ccc(S(=O)(=O)Nc2ncccn2)cc1. The number of carbonyl (C=O) groups is 1. The quantitative estimate of drug-likeness (QED) is 0.645. The van der Waals surface area contributed by atoms with Gasteiger partial charge in [0.2, 0.25) is 11.9 Å². The number of benzene rings is 1. The Kier molecular flexibility index (Phi) is 5.09. The van der Waals surface area contributed by atoms with Gasteiger partial charge < -0.3 is 9.73 Å². The first kappa shape index (κ1) is 17.4. The molecule has 0 saturated carbocycles. The highest BCUT2D eigenvalue weighted by molar-refractivity contribution is 7.92. The number of sulfonamides is 1. The van der Waals surface area contributed by atoms with Crippen LogP contribution >= 0.6 is 0 Å². The van der Waals surface area contributed by atoms with Crippen LogP contribution < -0.4 is 10.0 Å². The second kappa shape index (κ2) is 7.62. The molecule has 0 fully saturated rings. The maximum absolute atomic E-state index is 12.3. The smallest absolute Gasteiger partial charge is 0.264 e. The van der Waals surface area contributed by atoms with Gasteiger partial charge in [-0.1, -0.05) is 0 Å². The van der Waals surface area contributed by atoms with E-state index in [0.717, 1.165) is 0 Å². The molecular formula is C17H14N4O4S. The molecular weight excluding hydrogens is 356 g/mol. The van der Waals surface area contributed by atoms with Crippen molar-refractivity contribution in [3.63, 3.8) is 0 Å². The zero-order valence-electron chi connectivity index (χ0n) is 13.4. The van der Waals surface area contributed by atoms with Crippen LogP contribution in [0.25, 0.3) is 6.08 Å². The Labute approximate surface area is 149 Å². The van der Waals surface area contributed by atoms with Crippen molar-refractivity contribution < 1.29 is 17.6 Å². The molecule has 0 spiro atoms. The summed E-state index contributed by atoms with van der Waals surface area (Å²) in [5.74, 6) is 0.163. The average molecular weight is 370 g/mol. The summed E-state index contributed by atoms with van der Waals surface area (Å²) in [5, 5.41) is 2.63. The van der Waals surface area contributed by atoms with Crippen molar-refractivity contribution in [1.29, 1.82) is 0 Å². The second-order valence-corrected chi connectivity index (χ2v) is 6.72. The van der Waals surface area contributed by atoms with Crippen molar-refractivity contribution in [3.8, 4) is 0 Å². The minimum Gasteiger partial charge on any atom is -0.465 e. The van der Waals surface area contributed by atoms with Crippen molar-refractivity contribution in [2.24, 2.45) is 0 Å². The van der Waals surface area contributed by atoms with Gasteiger partial charge in [-0.05, 0) is 48.5 Å². The number of furan rings is 1. The molecule has 2 aromatic heterocycles. The summed E-state index contributed by atoms with van der Waals surface area (Å²) < 4.78 is 31.9. The molecule has 1 aromatic carbocycles. The Bertz CT molecular complexity index is 999. The summed E-state index contributed by atoms with van der Waals surface area (Å²) in [6.45, 7) is 0. The van der Waals surface area contributed by atoms with Gasteiger partial charge in [-0.25, -0.2) is 23.1 Å². The lowest BCUT2D eigenvalue weighted by atomic mass is 10.3. The van der Waals surface area contributed by atoms with E-state index in [1.807, 2.05) is 0 Å². The first-order chi connectivity index (χ1) is 12.5. The van der Waals surface area contributed by atoms with Gasteiger partial charge >= 0.3 is 0 Å². The summed E-state index contributed by atoms with van der Waals surface area (Å²) in [6.07, 6.45) is 7.21. The van der Waals surface area contributed by atoms with E-state index in [9.17, 15) is 13.2 Å². The van der Waals surface area contributed by atoms with Crippen LogP contribution in [0.2, 0.25) is 0 Å². The highest BCUT2D eigenvalue weighted by atomic mass is 32.2. The fourth-order valence-electron chi connectivity index (χ4n) is 1.98. The van der Waals surface area contributed by atoms with E-state index in [1.54, 1.807) is 18.2 Å². The lowest BCUT2D eigenvalue weighted by Crippen LogP contribution is -2.15. The molecule has 3 aromatic rings. The number of amides is 1. The molecule has 2 N–H and O–H groups in total. The summed E-state index contributed by atoms with van der Waals surface area (Å²) in [7, 11) is -3.81. The van der Waals surface area contributed by atoms with Crippen LogP contribution in [0, 0.1) is 0 Å². The van der Waals surface area contributed by atoms with Crippen LogP contribution in [0.15, 0.2) is 76.5 Å². The van der Waals surface area contributed by atoms with Crippen molar-refractivity contribution in [1.82, 2.24) is 9.97 Å². The first-order valence-corrected chi connectivity index (χ1v) is 8.94. The van der Waals surface area contributed by atoms with Gasteiger partial charge in [0.05, 0.1) is 11.2 Å². The molecule has 0 bridgehead atoms. The minimum absolute atomic E-state index is 0.0204. The van der Waals surface area contributed by atoms with Crippen molar-refractivity contribution in [2.75, 3.05) is 10.0 Å². The van der Waals surface area contributed by atoms with E-state index in [1.165, 1.54) is 55.1 Å². The third kappa shape index (κ3) is 4.54. The molecule has 8 nitrogen and oxygen atoms in total. The van der Waals surface area contributed by atoms with Crippen molar-refractivity contribution in [3.05, 3.63) is 73.0 Å². The molecule has 0 radical (unpaired) electrons. The lowest BCUT2D eigenvalue weighted by molar-refractivity contribution is -0.111. The molecule has 1 amide bonds. The molecule has 2 heterocycles. The van der Waals surface area contributed by atoms with Crippen LogP contribution in [0.5, 0.6) is 0 Å². The number of nitrogens with zero attached hydrogens (tertiary/aromatic N) is 2. The van der Waals surface area contributed by atoms with E-state index in [-0.39, 0.29) is 16.8 Å². The Morgan fingerprint density at radius 2 is 1.77 bits per heavy atom. The molecule has 26 heavy (non-hydrogen) atoms. The maximum atomic E-state index is 12.3. The maximum Gasteiger partial charge on any atom is 0.264 e. The molecule has 0 atom stereocenters. The van der Waals surface area contributed by atoms with E-state index in [2.05, 4.69) is 20.0 Å². The van der Waals surface area contributed by atoms with Gasteiger partial charge in [0.25, 0.3) is 10.0 Å². The summed E-state index contributed by atoms with van der Waals surface area (Å²) in [6, 6.07) is 10.7. The molecule has 3 rings (SSSR count). The first-order valence-electron chi connectivity index (χ1n) is 7.45. The van der Waals surface area contributed by atoms with Crippen LogP contribution in [0.4, 0.5) is 11.6 Å². The largest absolute Gasteiger partial charge is 0.465 e. The van der Waals surface area contributed by atoms with Crippen LogP contribution in [-0.2, 0) is 14.8 Å². The number of hydrogen-bond donors (Lipinski definition) is 2. The Morgan fingerprint density at radius 1 is 1.04 bits per heavy atom. The number of rotatable bonds is 6. The second-order valence-electron chi connectivity index (χ2n) is 5.04. The Morgan fingerprint density at radius 3 is 2.42 bits per heavy atom. The van der Waals surface area contributed by atoms with Gasteiger partial charge in [0.15, 0.2) is 0 Å². The van der Waals surface area contributed by atoms with Gasteiger partial charge in [0, 0.05) is 24.2 Å². The van der Waals surface area contributed by atoms with Crippen LogP contribution in [0.3, 0.4) is 0 Å². The van der Waals surface area contributed by atoms with Gasteiger partial charge in [0.1, 0.15) is 5.76 Å². The predicted molar refractivity (Wildman–Crippen MR) is 95.7 cm³/mol. The Balaban J connectivity index is 1.65. The van der Waals surface area contributed by atoms with E-state index < -0.39 is 10.0 Å². The van der Waals surface area contributed by atoms with Crippen LogP contribution in [-0.4, -0.2) is 24.3 Å². The van der Waals surface area contributed by atoms with Gasteiger partial charge in [-0.3, -0.25) is 4.79 Å². The monoisotopic (exact) mass is 370 g/mol. The molecule has 9 heteroatoms. The highest BCUT2D eigenvalue weighted by Crippen LogP contribution is 2.16. The lowest BCUT2D eigenvalue weighted by Gasteiger charge is -2.07. The van der Waals surface area contributed by atoms with Crippen molar-refractivity contribution >= 4 is 33.6 Å². The normalized spacial score (nSPS) is 11.4. The standard InChI is InChI=1S/C17H14N4O4S/c22-16(9-6-14-3-1-12-25-14)20-13-4-7-15(8-5-13)26(23,24)21-17-18-10-2-11-19-17/h1-12H,(H,20,22)(H,18,19,21). The minimum atomic E-state index is -3.81. The molecule has 0 aliphatic rings. The molecule has 0 aliphatic carbocycles.